The summed E-state index contributed by atoms with van der Waals surface area (Å²) in [5.74, 6) is 0.672. The number of hydrogen-bond acceptors (Lipinski definition) is 5. The maximum atomic E-state index is 12.4. The van der Waals surface area contributed by atoms with Crippen LogP contribution in [0.5, 0.6) is 0 Å². The number of aromatic nitrogens is 4. The van der Waals surface area contributed by atoms with Gasteiger partial charge in [0.25, 0.3) is 5.56 Å². The van der Waals surface area contributed by atoms with Crippen LogP contribution in [0.3, 0.4) is 0 Å². The SMILES string of the molecule is Cc1nc(SCc2cc(=O)n3c(C)csc3n2)n(C2CCCCC2)c1C. The minimum Gasteiger partial charge on any atom is -0.320 e. The van der Waals surface area contributed by atoms with Crippen molar-refractivity contribution in [1.29, 1.82) is 0 Å². The van der Waals surface area contributed by atoms with Crippen LogP contribution in [0.2, 0.25) is 0 Å². The van der Waals surface area contributed by atoms with Crippen LogP contribution in [0, 0.1) is 20.8 Å². The highest BCUT2D eigenvalue weighted by Gasteiger charge is 2.22. The third-order valence-corrected chi connectivity index (χ3v) is 7.20. The van der Waals surface area contributed by atoms with Crippen LogP contribution in [-0.4, -0.2) is 18.9 Å². The van der Waals surface area contributed by atoms with Gasteiger partial charge >= 0.3 is 0 Å². The van der Waals surface area contributed by atoms with E-state index in [-0.39, 0.29) is 5.56 Å². The third kappa shape index (κ3) is 3.22. The summed E-state index contributed by atoms with van der Waals surface area (Å²) in [4.78, 5) is 22.6. The van der Waals surface area contributed by atoms with Gasteiger partial charge in [-0.05, 0) is 33.6 Å². The molecule has 0 unspecified atom stereocenters. The topological polar surface area (TPSA) is 52.2 Å². The predicted molar refractivity (Wildman–Crippen MR) is 107 cm³/mol. The molecule has 0 saturated heterocycles. The molecule has 1 saturated carbocycles. The Balaban J connectivity index is 1.60. The first kappa shape index (κ1) is 17.8. The van der Waals surface area contributed by atoms with E-state index >= 15 is 0 Å². The molecule has 1 aliphatic carbocycles. The summed E-state index contributed by atoms with van der Waals surface area (Å²) in [6.45, 7) is 6.20. The van der Waals surface area contributed by atoms with Crippen molar-refractivity contribution in [2.45, 2.75) is 69.8 Å². The highest BCUT2D eigenvalue weighted by atomic mass is 32.2. The number of thioether (sulfide) groups is 1. The fourth-order valence-electron chi connectivity index (χ4n) is 3.78. The Labute approximate surface area is 161 Å². The Morgan fingerprint density at radius 2 is 1.96 bits per heavy atom. The zero-order chi connectivity index (χ0) is 18.3. The second-order valence-corrected chi connectivity index (χ2v) is 8.88. The second kappa shape index (κ2) is 7.19. The van der Waals surface area contributed by atoms with Gasteiger partial charge in [-0.15, -0.1) is 11.3 Å². The first-order chi connectivity index (χ1) is 12.5. The van der Waals surface area contributed by atoms with E-state index in [2.05, 4.69) is 23.4 Å². The molecule has 4 rings (SSSR count). The van der Waals surface area contributed by atoms with Crippen LogP contribution in [0.1, 0.15) is 60.9 Å². The Bertz CT molecular complexity index is 995. The van der Waals surface area contributed by atoms with Gasteiger partial charge in [-0.1, -0.05) is 31.0 Å². The van der Waals surface area contributed by atoms with Gasteiger partial charge < -0.3 is 4.57 Å². The lowest BCUT2D eigenvalue weighted by atomic mass is 9.95. The lowest BCUT2D eigenvalue weighted by molar-refractivity contribution is 0.332. The van der Waals surface area contributed by atoms with Crippen LogP contribution in [-0.2, 0) is 5.75 Å². The van der Waals surface area contributed by atoms with Gasteiger partial charge in [-0.3, -0.25) is 9.20 Å². The van der Waals surface area contributed by atoms with Gasteiger partial charge in [0.1, 0.15) is 0 Å². The minimum absolute atomic E-state index is 0.00679. The van der Waals surface area contributed by atoms with Crippen molar-refractivity contribution in [3.8, 4) is 0 Å². The molecule has 0 aromatic carbocycles. The van der Waals surface area contributed by atoms with E-state index in [1.54, 1.807) is 22.2 Å². The average molecular weight is 389 g/mol. The molecule has 0 aliphatic heterocycles. The maximum absolute atomic E-state index is 12.4. The van der Waals surface area contributed by atoms with Gasteiger partial charge in [-0.2, -0.15) is 0 Å². The van der Waals surface area contributed by atoms with Crippen molar-refractivity contribution in [3.05, 3.63) is 44.6 Å². The second-order valence-electron chi connectivity index (χ2n) is 7.10. The first-order valence-electron chi connectivity index (χ1n) is 9.19. The van der Waals surface area contributed by atoms with Gasteiger partial charge in [-0.25, -0.2) is 9.97 Å². The lowest BCUT2D eigenvalue weighted by Crippen LogP contribution is -2.16. The molecular weight excluding hydrogens is 364 g/mol. The molecule has 26 heavy (non-hydrogen) atoms. The number of thiazole rings is 1. The van der Waals surface area contributed by atoms with Crippen molar-refractivity contribution >= 4 is 28.1 Å². The third-order valence-electron chi connectivity index (χ3n) is 5.27. The van der Waals surface area contributed by atoms with Gasteiger partial charge in [0.15, 0.2) is 10.1 Å². The molecule has 7 heteroatoms. The molecule has 1 aliphatic rings. The van der Waals surface area contributed by atoms with E-state index in [4.69, 9.17) is 4.98 Å². The fraction of sp³-hybridized carbons (Fsp3) is 0.526. The van der Waals surface area contributed by atoms with Crippen LogP contribution >= 0.6 is 23.1 Å². The molecular formula is C19H24N4OS2. The molecule has 0 spiro atoms. The molecule has 0 radical (unpaired) electrons. The fourth-order valence-corrected chi connectivity index (χ4v) is 5.72. The first-order valence-corrected chi connectivity index (χ1v) is 11.1. The van der Waals surface area contributed by atoms with E-state index in [0.29, 0.717) is 11.8 Å². The molecule has 0 bridgehead atoms. The zero-order valence-corrected chi connectivity index (χ0v) is 17.1. The summed E-state index contributed by atoms with van der Waals surface area (Å²) in [6, 6.07) is 2.22. The molecule has 3 aromatic rings. The summed E-state index contributed by atoms with van der Waals surface area (Å²) in [6.07, 6.45) is 6.44. The Morgan fingerprint density at radius 3 is 2.73 bits per heavy atom. The van der Waals surface area contributed by atoms with Crippen LogP contribution in [0.25, 0.3) is 4.96 Å². The molecule has 0 atom stereocenters. The van der Waals surface area contributed by atoms with E-state index < -0.39 is 0 Å². The van der Waals surface area contributed by atoms with Crippen molar-refractivity contribution in [3.63, 3.8) is 0 Å². The Morgan fingerprint density at radius 1 is 1.19 bits per heavy atom. The van der Waals surface area contributed by atoms with Crippen LogP contribution in [0.4, 0.5) is 0 Å². The van der Waals surface area contributed by atoms with Crippen LogP contribution in [0.15, 0.2) is 21.4 Å². The summed E-state index contributed by atoms with van der Waals surface area (Å²) in [5, 5.41) is 3.04. The van der Waals surface area contributed by atoms with E-state index in [0.717, 1.165) is 27.2 Å². The highest BCUT2D eigenvalue weighted by molar-refractivity contribution is 7.98. The molecule has 3 aromatic heterocycles. The molecule has 5 nitrogen and oxygen atoms in total. The van der Waals surface area contributed by atoms with Crippen molar-refractivity contribution in [2.75, 3.05) is 0 Å². The summed E-state index contributed by atoms with van der Waals surface area (Å²) in [5.41, 5.74) is 4.16. The quantitative estimate of drug-likeness (QED) is 0.609. The largest absolute Gasteiger partial charge is 0.320 e. The maximum Gasteiger partial charge on any atom is 0.258 e. The standard InChI is InChI=1S/C19H24N4OS2/c1-12-10-25-19-21-15(9-17(24)22(12)19)11-26-18-20-13(2)14(3)23(18)16-7-5-4-6-8-16/h9-10,16H,4-8,11H2,1-3H3. The molecule has 0 amide bonds. The average Bonchev–Trinajstić information content (AvgIpc) is 3.14. The number of rotatable bonds is 4. The van der Waals surface area contributed by atoms with Gasteiger partial charge in [0, 0.05) is 34.6 Å². The van der Waals surface area contributed by atoms with Crippen LogP contribution < -0.4 is 5.56 Å². The molecule has 138 valence electrons. The van der Waals surface area contributed by atoms with E-state index in [9.17, 15) is 4.79 Å². The number of fused-ring (bicyclic) bond motifs is 1. The highest BCUT2D eigenvalue weighted by Crippen LogP contribution is 2.35. The number of imidazole rings is 1. The van der Waals surface area contributed by atoms with Crippen molar-refractivity contribution < 1.29 is 0 Å². The molecule has 3 heterocycles. The summed E-state index contributed by atoms with van der Waals surface area (Å²) < 4.78 is 4.11. The summed E-state index contributed by atoms with van der Waals surface area (Å²) in [7, 11) is 0. The zero-order valence-electron chi connectivity index (χ0n) is 15.5. The van der Waals surface area contributed by atoms with Gasteiger partial charge in [0.05, 0.1) is 11.4 Å². The monoisotopic (exact) mass is 388 g/mol. The van der Waals surface area contributed by atoms with E-state index in [1.165, 1.54) is 49.1 Å². The lowest BCUT2D eigenvalue weighted by Gasteiger charge is -2.26. The Kier molecular flexibility index (Phi) is 4.92. The van der Waals surface area contributed by atoms with E-state index in [1.807, 2.05) is 12.3 Å². The smallest absolute Gasteiger partial charge is 0.258 e. The summed E-state index contributed by atoms with van der Waals surface area (Å²) >= 11 is 3.22. The van der Waals surface area contributed by atoms with Crippen molar-refractivity contribution in [1.82, 2.24) is 18.9 Å². The Hall–Kier alpha value is -1.60. The molecule has 1 fully saturated rings. The molecule has 0 N–H and O–H groups in total. The number of hydrogen-bond donors (Lipinski definition) is 0. The number of aryl methyl sites for hydroxylation is 2. The minimum atomic E-state index is 0.00679. The van der Waals surface area contributed by atoms with Gasteiger partial charge in [0.2, 0.25) is 0 Å². The van der Waals surface area contributed by atoms with Crippen molar-refractivity contribution in [2.24, 2.45) is 0 Å². The predicted octanol–water partition coefficient (Wildman–Crippen LogP) is 4.68. The number of nitrogens with zero attached hydrogens (tertiary/aromatic N) is 4. The normalized spacial score (nSPS) is 15.8.